The van der Waals surface area contributed by atoms with E-state index in [4.69, 9.17) is 15.5 Å². The summed E-state index contributed by atoms with van der Waals surface area (Å²) in [4.78, 5) is 87.1. The van der Waals surface area contributed by atoms with Gasteiger partial charge in [0.05, 0.1) is 34.6 Å². The maximum Gasteiger partial charge on any atom is 0.242 e. The molecule has 58 heavy (non-hydrogen) atoms. The molecule has 5 N–H and O–H groups in total. The van der Waals surface area contributed by atoms with Crippen LogP contribution in [0.1, 0.15) is 91.3 Å². The predicted octanol–water partition coefficient (Wildman–Crippen LogP) is 3.94. The first-order valence-electron chi connectivity index (χ1n) is 20.5. The van der Waals surface area contributed by atoms with Crippen LogP contribution in [0.4, 0.5) is 5.82 Å². The molecule has 316 valence electrons. The second-order valence-corrected chi connectivity index (χ2v) is 17.6. The van der Waals surface area contributed by atoms with Crippen LogP contribution in [0.5, 0.6) is 0 Å². The van der Waals surface area contributed by atoms with Crippen LogP contribution >= 0.6 is 11.8 Å². The van der Waals surface area contributed by atoms with Crippen molar-refractivity contribution in [2.45, 2.75) is 110 Å². The number of ether oxygens (including phenoxy) is 1. The lowest BCUT2D eigenvalue weighted by Gasteiger charge is -2.30. The molecular formula is C42H60N8O7S. The van der Waals surface area contributed by atoms with Crippen molar-refractivity contribution < 1.29 is 33.5 Å². The number of ketones is 2. The first kappa shape index (κ1) is 44.7. The summed E-state index contributed by atoms with van der Waals surface area (Å²) in [6.07, 6.45) is 5.15. The number of amides is 4. The molecule has 1 aliphatic heterocycles. The third kappa shape index (κ3) is 11.6. The Kier molecular flexibility index (Phi) is 15.8. The summed E-state index contributed by atoms with van der Waals surface area (Å²) in [5.41, 5.74) is 8.07. The Morgan fingerprint density at radius 1 is 1.05 bits per heavy atom. The van der Waals surface area contributed by atoms with Crippen molar-refractivity contribution in [1.82, 2.24) is 35.4 Å². The Hall–Kier alpha value is -4.41. The summed E-state index contributed by atoms with van der Waals surface area (Å²) in [5.74, 6) is 0.177. The smallest absolute Gasteiger partial charge is 0.242 e. The first-order chi connectivity index (χ1) is 27.7. The van der Waals surface area contributed by atoms with Gasteiger partial charge in [-0.1, -0.05) is 32.0 Å². The monoisotopic (exact) mass is 820 g/mol. The molecule has 15 nitrogen and oxygen atoms in total. The van der Waals surface area contributed by atoms with Crippen LogP contribution in [0.2, 0.25) is 0 Å². The van der Waals surface area contributed by atoms with Crippen LogP contribution in [0.25, 0.3) is 21.9 Å². The molecule has 2 aromatic heterocycles. The molecule has 1 aromatic carbocycles. The van der Waals surface area contributed by atoms with E-state index >= 15 is 0 Å². The lowest BCUT2D eigenvalue weighted by atomic mass is 9.81. The normalized spacial score (nSPS) is 19.2. The van der Waals surface area contributed by atoms with Gasteiger partial charge in [0.15, 0.2) is 11.6 Å². The third-order valence-electron chi connectivity index (χ3n) is 11.2. The van der Waals surface area contributed by atoms with E-state index < -0.39 is 10.7 Å². The molecule has 0 spiro atoms. The highest BCUT2D eigenvalue weighted by Gasteiger charge is 2.41. The minimum absolute atomic E-state index is 0.0649. The van der Waals surface area contributed by atoms with Crippen molar-refractivity contribution >= 4 is 74.7 Å². The Morgan fingerprint density at radius 2 is 1.79 bits per heavy atom. The van der Waals surface area contributed by atoms with Gasteiger partial charge in [-0.15, -0.1) is 11.8 Å². The molecule has 1 saturated carbocycles. The van der Waals surface area contributed by atoms with E-state index in [2.05, 4.69) is 25.5 Å². The van der Waals surface area contributed by atoms with Crippen molar-refractivity contribution in [1.29, 1.82) is 0 Å². The van der Waals surface area contributed by atoms with Crippen molar-refractivity contribution in [2.24, 2.45) is 17.3 Å². The van der Waals surface area contributed by atoms with Crippen molar-refractivity contribution in [3.05, 3.63) is 30.1 Å². The summed E-state index contributed by atoms with van der Waals surface area (Å²) >= 11 is 1.19. The number of hydrogen-bond donors (Lipinski definition) is 4. The van der Waals surface area contributed by atoms with Gasteiger partial charge in [-0.2, -0.15) is 0 Å². The second kappa shape index (κ2) is 20.5. The number of rotatable bonds is 22. The molecule has 0 radical (unpaired) electrons. The number of para-hydroxylation sites is 1. The van der Waals surface area contributed by atoms with Crippen molar-refractivity contribution in [3.8, 4) is 0 Å². The number of unbranched alkanes of at least 4 members (excludes halogenated alkanes) is 1. The van der Waals surface area contributed by atoms with Crippen LogP contribution in [-0.2, 0) is 46.7 Å². The number of imidazole rings is 1. The Balaban J connectivity index is 1.04. The van der Waals surface area contributed by atoms with Gasteiger partial charge in [0.1, 0.15) is 23.7 Å². The summed E-state index contributed by atoms with van der Waals surface area (Å²) in [7, 11) is 1.76. The van der Waals surface area contributed by atoms with Crippen LogP contribution in [-0.4, -0.2) is 105 Å². The lowest BCUT2D eigenvalue weighted by molar-refractivity contribution is -0.139. The fourth-order valence-electron chi connectivity index (χ4n) is 8.11. The Bertz CT molecular complexity index is 1980. The Morgan fingerprint density at radius 3 is 2.50 bits per heavy atom. The van der Waals surface area contributed by atoms with E-state index in [0.29, 0.717) is 75.5 Å². The number of carbonyl (C=O) groups excluding carboxylic acids is 6. The highest BCUT2D eigenvalue weighted by molar-refractivity contribution is 8.01. The number of nitrogen functional groups attached to an aromatic ring is 1. The molecule has 4 amide bonds. The number of benzene rings is 1. The van der Waals surface area contributed by atoms with Crippen LogP contribution in [0, 0.1) is 17.3 Å². The van der Waals surface area contributed by atoms with Crippen molar-refractivity contribution in [3.63, 3.8) is 0 Å². The maximum atomic E-state index is 13.3. The molecule has 2 unspecified atom stereocenters. The topological polar surface area (TPSA) is 208 Å². The van der Waals surface area contributed by atoms with Gasteiger partial charge < -0.3 is 31.0 Å². The summed E-state index contributed by atoms with van der Waals surface area (Å²) in [6.45, 7) is 9.54. The standard InChI is InChI=1S/C42H60N8O7S/c1-6-57-23-34-48-37-38(30-11-7-8-13-32(30)47-39(37)43)50(34)25-42(3,4)20-29(52)21-46-40(55)28-16-14-27(15-17-28)22-49-36(54)19-33(41(49)56)58-24-35(53)45-18-10-9-12-31(44-5)26(2)51/h7-8,11,13,27-28,31,33,44H,6,9-10,12,14-25H2,1-5H3,(H2,43,47)(H,45,53)(H,46,55). The summed E-state index contributed by atoms with van der Waals surface area (Å²) in [6, 6.07) is 7.59. The van der Waals surface area contributed by atoms with E-state index in [1.165, 1.54) is 16.7 Å². The SMILES string of the molecule is CCOCc1nc2c(N)nc3ccccc3c2n1CC(C)(C)CC(=O)CNC(=O)C1CCC(CN2C(=O)CC(SCC(=O)NCCCCC(NC)C(C)=O)C2=O)CC1. The number of anilines is 1. The molecule has 5 rings (SSSR count). The van der Waals surface area contributed by atoms with Gasteiger partial charge >= 0.3 is 0 Å². The van der Waals surface area contributed by atoms with E-state index in [1.807, 2.05) is 45.0 Å². The number of carbonyl (C=O) groups is 6. The highest BCUT2D eigenvalue weighted by Crippen LogP contribution is 2.34. The number of nitrogens with one attached hydrogen (secondary N) is 3. The number of Topliss-reactive ketones (excluding diaryl/α,β-unsaturated/α-hetero) is 2. The van der Waals surface area contributed by atoms with Gasteiger partial charge in [-0.25, -0.2) is 9.97 Å². The zero-order chi connectivity index (χ0) is 42.0. The fraction of sp³-hybridized carbons (Fsp3) is 0.619. The summed E-state index contributed by atoms with van der Waals surface area (Å²) < 4.78 is 7.83. The third-order valence-corrected chi connectivity index (χ3v) is 12.4. The fourth-order valence-corrected chi connectivity index (χ4v) is 9.09. The number of pyridine rings is 1. The molecule has 3 heterocycles. The van der Waals surface area contributed by atoms with Crippen LogP contribution < -0.4 is 21.7 Å². The van der Waals surface area contributed by atoms with Crippen molar-refractivity contribution in [2.75, 3.05) is 44.8 Å². The largest absolute Gasteiger partial charge is 0.382 e. The van der Waals surface area contributed by atoms with Gasteiger partial charge in [0.2, 0.25) is 23.6 Å². The molecule has 0 bridgehead atoms. The van der Waals surface area contributed by atoms with E-state index in [0.717, 1.165) is 29.3 Å². The molecule has 1 aliphatic carbocycles. The minimum atomic E-state index is -0.581. The quantitative estimate of drug-likeness (QED) is 0.0840. The van der Waals surface area contributed by atoms with Crippen LogP contribution in [0.3, 0.4) is 0 Å². The van der Waals surface area contributed by atoms with Gasteiger partial charge in [0.25, 0.3) is 0 Å². The number of imide groups is 1. The van der Waals surface area contributed by atoms with Gasteiger partial charge in [-0.05, 0) is 83.2 Å². The average Bonchev–Trinajstić information content (AvgIpc) is 3.68. The van der Waals surface area contributed by atoms with Crippen LogP contribution in [0.15, 0.2) is 24.3 Å². The maximum absolute atomic E-state index is 13.3. The summed E-state index contributed by atoms with van der Waals surface area (Å²) in [5, 5.41) is 9.05. The number of fused-ring (bicyclic) bond motifs is 3. The van der Waals surface area contributed by atoms with Gasteiger partial charge in [-0.3, -0.25) is 33.7 Å². The first-order valence-corrected chi connectivity index (χ1v) is 21.6. The number of aromatic nitrogens is 3. The zero-order valence-corrected chi connectivity index (χ0v) is 35.4. The molecule has 2 aliphatic rings. The number of nitrogens with two attached hydrogens (primary N) is 1. The number of likely N-dealkylation sites (tertiary alicyclic amines) is 1. The molecule has 2 fully saturated rings. The zero-order valence-electron chi connectivity index (χ0n) is 34.6. The average molecular weight is 821 g/mol. The van der Waals surface area contributed by atoms with Gasteiger partial charge in [0, 0.05) is 50.4 Å². The number of thioether (sulfide) groups is 1. The number of nitrogens with zero attached hydrogens (tertiary/aromatic N) is 4. The second-order valence-electron chi connectivity index (χ2n) is 16.4. The van der Waals surface area contributed by atoms with E-state index in [-0.39, 0.29) is 84.8 Å². The molecule has 3 aromatic rings. The number of likely N-dealkylation sites (N-methyl/N-ethyl adjacent to an activating group) is 1. The molecule has 16 heteroatoms. The molecule has 1 saturated heterocycles. The van der Waals surface area contributed by atoms with E-state index in [1.54, 1.807) is 14.0 Å². The Labute approximate surface area is 344 Å². The predicted molar refractivity (Wildman–Crippen MR) is 225 cm³/mol. The van der Waals surface area contributed by atoms with E-state index in [9.17, 15) is 28.8 Å². The minimum Gasteiger partial charge on any atom is -0.382 e. The molecule has 2 atom stereocenters. The number of hydrogen-bond acceptors (Lipinski definition) is 12. The lowest BCUT2D eigenvalue weighted by Crippen LogP contribution is -2.40. The molecular weight excluding hydrogens is 761 g/mol. The highest BCUT2D eigenvalue weighted by atomic mass is 32.2.